The molecule has 0 unspecified atom stereocenters. The van der Waals surface area contributed by atoms with Gasteiger partial charge in [-0.2, -0.15) is 11.8 Å². The summed E-state index contributed by atoms with van der Waals surface area (Å²) in [6.07, 6.45) is -1.10. The third-order valence-electron chi connectivity index (χ3n) is 7.79. The van der Waals surface area contributed by atoms with Crippen LogP contribution in [0, 0.1) is 5.92 Å². The number of rotatable bonds is 20. The zero-order chi connectivity index (χ0) is 39.9. The molecule has 16 heteroatoms. The molecule has 5 amide bonds. The minimum Gasteiger partial charge on any atom is -0.508 e. The first-order valence-corrected chi connectivity index (χ1v) is 18.3. The van der Waals surface area contributed by atoms with E-state index in [2.05, 4.69) is 26.6 Å². The lowest BCUT2D eigenvalue weighted by molar-refractivity contribution is -0.145. The van der Waals surface area contributed by atoms with Gasteiger partial charge in [-0.15, -0.1) is 0 Å². The van der Waals surface area contributed by atoms with Crippen LogP contribution < -0.4 is 32.3 Å². The highest BCUT2D eigenvalue weighted by Crippen LogP contribution is 2.24. The number of nitrogens with one attached hydrogen (secondary N) is 5. The highest BCUT2D eigenvalue weighted by Gasteiger charge is 2.32. The second-order valence-electron chi connectivity index (χ2n) is 14.2. The van der Waals surface area contributed by atoms with Crippen LogP contribution in [0.2, 0.25) is 0 Å². The number of hydrogen-bond donors (Lipinski definition) is 9. The molecule has 0 saturated carbocycles. The Morgan fingerprint density at radius 1 is 0.736 bits per heavy atom. The fourth-order valence-corrected chi connectivity index (χ4v) is 5.89. The van der Waals surface area contributed by atoms with Crippen LogP contribution in [0.4, 0.5) is 0 Å². The molecule has 53 heavy (non-hydrogen) atoms. The number of aliphatic carboxylic acids is 1. The number of hydrogen-bond acceptors (Lipinski definition) is 10. The number of nitrogens with two attached hydrogens (primary N) is 1. The summed E-state index contributed by atoms with van der Waals surface area (Å²) in [6.45, 7) is 10.1. The highest BCUT2D eigenvalue weighted by atomic mass is 32.2. The summed E-state index contributed by atoms with van der Waals surface area (Å²) < 4.78 is -0.262. The zero-order valence-corrected chi connectivity index (χ0v) is 31.9. The van der Waals surface area contributed by atoms with Gasteiger partial charge in [-0.05, 0) is 48.9 Å². The number of phenols is 1. The number of aliphatic hydroxyl groups excluding tert-OH is 1. The molecule has 0 saturated heterocycles. The fourth-order valence-electron chi connectivity index (χ4n) is 4.99. The molecular weight excluding hydrogens is 705 g/mol. The number of carboxylic acids is 1. The van der Waals surface area contributed by atoms with Crippen molar-refractivity contribution in [3.63, 3.8) is 0 Å². The highest BCUT2D eigenvalue weighted by molar-refractivity contribution is 8.00. The fraction of sp³-hybridized carbons (Fsp3) is 0.514. The van der Waals surface area contributed by atoms with Crippen molar-refractivity contribution in [1.82, 2.24) is 26.6 Å². The van der Waals surface area contributed by atoms with E-state index in [1.807, 2.05) is 20.8 Å². The van der Waals surface area contributed by atoms with Crippen LogP contribution in [-0.4, -0.2) is 104 Å². The van der Waals surface area contributed by atoms with E-state index >= 15 is 0 Å². The van der Waals surface area contributed by atoms with E-state index in [-0.39, 0.29) is 41.4 Å². The van der Waals surface area contributed by atoms with Crippen LogP contribution in [0.25, 0.3) is 0 Å². The lowest BCUT2D eigenvalue weighted by Crippen LogP contribution is -2.58. The van der Waals surface area contributed by atoms with Gasteiger partial charge < -0.3 is 47.6 Å². The summed E-state index contributed by atoms with van der Waals surface area (Å²) in [5.74, 6) is -4.82. The Kier molecular flexibility index (Phi) is 17.7. The van der Waals surface area contributed by atoms with E-state index in [9.17, 15) is 44.1 Å². The molecule has 0 fully saturated rings. The Morgan fingerprint density at radius 2 is 1.30 bits per heavy atom. The molecular formula is C37H54N6O9S. The molecule has 0 aliphatic rings. The van der Waals surface area contributed by atoms with Crippen molar-refractivity contribution in [2.45, 2.75) is 102 Å². The van der Waals surface area contributed by atoms with Crippen molar-refractivity contribution in [2.24, 2.45) is 11.7 Å². The van der Waals surface area contributed by atoms with Crippen molar-refractivity contribution < 1.29 is 44.1 Å². The predicted octanol–water partition coefficient (Wildman–Crippen LogP) is 0.603. The standard InChI is InChI=1S/C37H54N6O9S/c1-21(2)16-27(35(50)43-31(22(3)44)36(51)52)41-34(49)28(18-23-10-8-7-9-11-23)40-30(46)19-39-33(48)29(20-53-37(4,5)6)42-32(47)26(38)17-24-12-14-25(45)15-13-24/h7-15,21-22,26-29,31,44-45H,16-20,38H2,1-6H3,(H,39,48)(H,40,46)(H,41,49)(H,42,47)(H,43,50)(H,51,52)/t22-,26+,27+,28+,29-,31+/m1/s1. The zero-order valence-electron chi connectivity index (χ0n) is 31.0. The molecule has 0 aliphatic carbocycles. The predicted molar refractivity (Wildman–Crippen MR) is 202 cm³/mol. The average Bonchev–Trinajstić information content (AvgIpc) is 3.07. The van der Waals surface area contributed by atoms with E-state index in [0.29, 0.717) is 11.1 Å². The topological polar surface area (TPSA) is 249 Å². The molecule has 2 rings (SSSR count). The van der Waals surface area contributed by atoms with E-state index in [1.165, 1.54) is 30.8 Å². The van der Waals surface area contributed by atoms with Crippen molar-refractivity contribution >= 4 is 47.3 Å². The van der Waals surface area contributed by atoms with Crippen molar-refractivity contribution in [3.05, 3.63) is 65.7 Å². The first-order chi connectivity index (χ1) is 24.7. The minimum atomic E-state index is -1.61. The quantitative estimate of drug-likeness (QED) is 0.0905. The lowest BCUT2D eigenvalue weighted by atomic mass is 10.0. The van der Waals surface area contributed by atoms with Crippen LogP contribution in [-0.2, 0) is 41.6 Å². The Labute approximate surface area is 314 Å². The number of carbonyl (C=O) groups is 6. The summed E-state index contributed by atoms with van der Waals surface area (Å²) in [5.41, 5.74) is 7.54. The lowest BCUT2D eigenvalue weighted by Gasteiger charge is -2.26. The number of aliphatic hydroxyl groups is 1. The van der Waals surface area contributed by atoms with Gasteiger partial charge in [0.2, 0.25) is 29.5 Å². The van der Waals surface area contributed by atoms with Crippen molar-refractivity contribution in [2.75, 3.05) is 12.3 Å². The summed E-state index contributed by atoms with van der Waals surface area (Å²) in [4.78, 5) is 78.0. The minimum absolute atomic E-state index is 0.0215. The van der Waals surface area contributed by atoms with Crippen LogP contribution in [0.15, 0.2) is 54.6 Å². The van der Waals surface area contributed by atoms with Gasteiger partial charge in [0.1, 0.15) is 23.9 Å². The molecule has 0 radical (unpaired) electrons. The molecule has 6 atom stereocenters. The molecule has 0 heterocycles. The number of benzene rings is 2. The summed E-state index contributed by atoms with van der Waals surface area (Å²) in [7, 11) is 0. The summed E-state index contributed by atoms with van der Waals surface area (Å²) in [5, 5.41) is 41.5. The number of thioether (sulfide) groups is 1. The Balaban J connectivity index is 2.18. The first kappa shape index (κ1) is 44.5. The van der Waals surface area contributed by atoms with E-state index in [4.69, 9.17) is 5.73 Å². The third kappa shape index (κ3) is 16.7. The SMILES string of the molecule is CC(C)C[C@H](NC(=O)[C@H](Cc1ccccc1)NC(=O)CNC(=O)[C@@H](CSC(C)(C)C)NC(=O)[C@@H](N)Cc1ccc(O)cc1)C(=O)N[C@H](C(=O)O)[C@@H](C)O. The van der Waals surface area contributed by atoms with Gasteiger partial charge in [-0.3, -0.25) is 24.0 Å². The molecule has 10 N–H and O–H groups in total. The number of carboxylic acid groups (broad SMARTS) is 1. The number of amides is 5. The van der Waals surface area contributed by atoms with Crippen LogP contribution >= 0.6 is 11.8 Å². The molecule has 0 aromatic heterocycles. The maximum Gasteiger partial charge on any atom is 0.328 e. The average molecular weight is 759 g/mol. The van der Waals surface area contributed by atoms with Gasteiger partial charge in [0.05, 0.1) is 18.7 Å². The Hall–Kier alpha value is -4.67. The number of phenolic OH excluding ortho intramolecular Hbond substituents is 1. The van der Waals surface area contributed by atoms with Crippen LogP contribution in [0.3, 0.4) is 0 Å². The molecule has 0 aliphatic heterocycles. The van der Waals surface area contributed by atoms with Gasteiger partial charge in [0.25, 0.3) is 0 Å². The van der Waals surface area contributed by atoms with Crippen LogP contribution in [0.5, 0.6) is 5.75 Å². The Morgan fingerprint density at radius 3 is 1.85 bits per heavy atom. The van der Waals surface area contributed by atoms with Gasteiger partial charge in [-0.1, -0.05) is 77.1 Å². The largest absolute Gasteiger partial charge is 0.508 e. The van der Waals surface area contributed by atoms with Crippen molar-refractivity contribution in [1.29, 1.82) is 0 Å². The number of aromatic hydroxyl groups is 1. The molecule has 0 spiro atoms. The molecule has 0 bridgehead atoms. The second-order valence-corrected chi connectivity index (χ2v) is 16.1. The molecule has 2 aromatic carbocycles. The number of carbonyl (C=O) groups excluding carboxylic acids is 5. The maximum atomic E-state index is 13.7. The third-order valence-corrected chi connectivity index (χ3v) is 9.15. The van der Waals surface area contributed by atoms with Gasteiger partial charge in [-0.25, -0.2) is 4.79 Å². The molecule has 2 aromatic rings. The molecule has 15 nitrogen and oxygen atoms in total. The Bertz CT molecular complexity index is 1530. The van der Waals surface area contributed by atoms with E-state index < -0.39 is 78.4 Å². The van der Waals surface area contributed by atoms with Gasteiger partial charge in [0, 0.05) is 16.9 Å². The van der Waals surface area contributed by atoms with Crippen molar-refractivity contribution in [3.8, 4) is 5.75 Å². The maximum absolute atomic E-state index is 13.7. The first-order valence-electron chi connectivity index (χ1n) is 17.4. The van der Waals surface area contributed by atoms with E-state index in [1.54, 1.807) is 56.3 Å². The smallest absolute Gasteiger partial charge is 0.328 e. The monoisotopic (exact) mass is 758 g/mol. The normalized spacial score (nSPS) is 14.8. The van der Waals surface area contributed by atoms with Gasteiger partial charge in [0.15, 0.2) is 6.04 Å². The second kappa shape index (κ2) is 21.1. The summed E-state index contributed by atoms with van der Waals surface area (Å²) in [6, 6.07) is 8.95. The van der Waals surface area contributed by atoms with Crippen LogP contribution in [0.1, 0.15) is 59.1 Å². The van der Waals surface area contributed by atoms with E-state index in [0.717, 1.165) is 0 Å². The molecule has 292 valence electrons. The summed E-state index contributed by atoms with van der Waals surface area (Å²) >= 11 is 1.42. The van der Waals surface area contributed by atoms with Gasteiger partial charge >= 0.3 is 5.97 Å².